The monoisotopic (exact) mass is 192 g/mol. The van der Waals surface area contributed by atoms with E-state index in [4.69, 9.17) is 10.8 Å². The van der Waals surface area contributed by atoms with Crippen LogP contribution in [0.1, 0.15) is 18.2 Å². The Hall–Kier alpha value is -1.84. The zero-order chi connectivity index (χ0) is 10.7. The summed E-state index contributed by atoms with van der Waals surface area (Å²) in [4.78, 5) is 14.6. The molecule has 0 amide bonds. The van der Waals surface area contributed by atoms with E-state index >= 15 is 0 Å². The molecule has 1 heterocycles. The van der Waals surface area contributed by atoms with Gasteiger partial charge in [0.25, 0.3) is 0 Å². The maximum Gasteiger partial charge on any atom is 0.331 e. The van der Waals surface area contributed by atoms with E-state index in [0.717, 1.165) is 11.3 Å². The number of nitrogens with zero attached hydrogens (tertiary/aromatic N) is 1. The predicted octanol–water partition coefficient (Wildman–Crippen LogP) is 1.46. The summed E-state index contributed by atoms with van der Waals surface area (Å²) in [5.41, 5.74) is 7.25. The third kappa shape index (κ3) is 2.32. The molecule has 0 aliphatic carbocycles. The quantitative estimate of drug-likeness (QED) is 0.695. The number of nitrogens with two attached hydrogens (primary N) is 1. The molecule has 1 aromatic rings. The van der Waals surface area contributed by atoms with Gasteiger partial charge in [-0.25, -0.2) is 9.78 Å². The SMILES string of the molecule is CC(=Cc1ccc(N)nc1C)C(=O)O. The highest BCUT2D eigenvalue weighted by molar-refractivity contribution is 5.91. The Kier molecular flexibility index (Phi) is 2.86. The second kappa shape index (κ2) is 3.91. The van der Waals surface area contributed by atoms with E-state index < -0.39 is 5.97 Å². The van der Waals surface area contributed by atoms with Gasteiger partial charge in [-0.05, 0) is 37.6 Å². The second-order valence-corrected chi connectivity index (χ2v) is 3.04. The van der Waals surface area contributed by atoms with Crippen LogP contribution in [0, 0.1) is 6.92 Å². The summed E-state index contributed by atoms with van der Waals surface area (Å²) in [5, 5.41) is 8.68. The van der Waals surface area contributed by atoms with Crippen LogP contribution in [0.3, 0.4) is 0 Å². The number of carbonyl (C=O) groups is 1. The molecular weight excluding hydrogens is 180 g/mol. The van der Waals surface area contributed by atoms with Gasteiger partial charge in [-0.1, -0.05) is 0 Å². The maximum absolute atomic E-state index is 10.6. The average molecular weight is 192 g/mol. The molecule has 0 atom stereocenters. The highest BCUT2D eigenvalue weighted by Gasteiger charge is 2.02. The van der Waals surface area contributed by atoms with Crippen molar-refractivity contribution in [3.63, 3.8) is 0 Å². The molecular formula is C10H12N2O2. The molecule has 0 fully saturated rings. The lowest BCUT2D eigenvalue weighted by atomic mass is 10.1. The van der Waals surface area contributed by atoms with Gasteiger partial charge in [0.05, 0.1) is 0 Å². The molecule has 4 heteroatoms. The van der Waals surface area contributed by atoms with Crippen molar-refractivity contribution in [1.82, 2.24) is 4.98 Å². The van der Waals surface area contributed by atoms with Crippen LogP contribution in [0.25, 0.3) is 6.08 Å². The number of anilines is 1. The van der Waals surface area contributed by atoms with Crippen molar-refractivity contribution < 1.29 is 9.90 Å². The maximum atomic E-state index is 10.6. The molecule has 3 N–H and O–H groups in total. The normalized spacial score (nSPS) is 11.4. The smallest absolute Gasteiger partial charge is 0.331 e. The second-order valence-electron chi connectivity index (χ2n) is 3.04. The van der Waals surface area contributed by atoms with Crippen LogP contribution in [0.4, 0.5) is 5.82 Å². The van der Waals surface area contributed by atoms with Gasteiger partial charge >= 0.3 is 5.97 Å². The third-order valence-electron chi connectivity index (χ3n) is 1.86. The number of hydrogen-bond acceptors (Lipinski definition) is 3. The Bertz CT molecular complexity index is 397. The molecule has 4 nitrogen and oxygen atoms in total. The van der Waals surface area contributed by atoms with Crippen LogP contribution >= 0.6 is 0 Å². The van der Waals surface area contributed by atoms with Crippen molar-refractivity contribution in [2.45, 2.75) is 13.8 Å². The van der Waals surface area contributed by atoms with E-state index in [2.05, 4.69) is 4.98 Å². The standard InChI is InChI=1S/C10H12N2O2/c1-6(10(13)14)5-8-3-4-9(11)12-7(8)2/h3-5H,1-2H3,(H2,11,12)(H,13,14). The summed E-state index contributed by atoms with van der Waals surface area (Å²) < 4.78 is 0. The highest BCUT2D eigenvalue weighted by Crippen LogP contribution is 2.12. The van der Waals surface area contributed by atoms with Gasteiger partial charge in [-0.3, -0.25) is 0 Å². The fraction of sp³-hybridized carbons (Fsp3) is 0.200. The molecule has 1 aromatic heterocycles. The molecule has 1 rings (SSSR count). The Balaban J connectivity index is 3.09. The summed E-state index contributed by atoms with van der Waals surface area (Å²) in [5.74, 6) is -0.492. The molecule has 0 aliphatic heterocycles. The van der Waals surface area contributed by atoms with Gasteiger partial charge in [-0.2, -0.15) is 0 Å². The lowest BCUT2D eigenvalue weighted by molar-refractivity contribution is -0.132. The number of nitrogen functional groups attached to an aromatic ring is 1. The summed E-state index contributed by atoms with van der Waals surface area (Å²) >= 11 is 0. The molecule has 74 valence electrons. The summed E-state index contributed by atoms with van der Waals surface area (Å²) in [7, 11) is 0. The van der Waals surface area contributed by atoms with E-state index in [1.54, 1.807) is 25.1 Å². The molecule has 14 heavy (non-hydrogen) atoms. The fourth-order valence-electron chi connectivity index (χ4n) is 1.04. The van der Waals surface area contributed by atoms with E-state index in [9.17, 15) is 4.79 Å². The van der Waals surface area contributed by atoms with Gasteiger partial charge in [0, 0.05) is 11.3 Å². The van der Waals surface area contributed by atoms with Gasteiger partial charge in [-0.15, -0.1) is 0 Å². The van der Waals surface area contributed by atoms with Crippen molar-refractivity contribution >= 4 is 17.9 Å². The fourth-order valence-corrected chi connectivity index (χ4v) is 1.04. The van der Waals surface area contributed by atoms with E-state index in [-0.39, 0.29) is 5.57 Å². The van der Waals surface area contributed by atoms with Crippen molar-refractivity contribution in [1.29, 1.82) is 0 Å². The first-order valence-electron chi connectivity index (χ1n) is 4.15. The number of carboxylic acids is 1. The number of pyridine rings is 1. The van der Waals surface area contributed by atoms with Crippen molar-refractivity contribution in [3.8, 4) is 0 Å². The minimum Gasteiger partial charge on any atom is -0.478 e. The lowest BCUT2D eigenvalue weighted by Gasteiger charge is -2.01. The van der Waals surface area contributed by atoms with Crippen LogP contribution in [0.2, 0.25) is 0 Å². The summed E-state index contributed by atoms with van der Waals surface area (Å²) in [6, 6.07) is 3.40. The van der Waals surface area contributed by atoms with Crippen molar-refractivity contribution in [3.05, 3.63) is 29.0 Å². The van der Waals surface area contributed by atoms with Crippen molar-refractivity contribution in [2.75, 3.05) is 5.73 Å². The summed E-state index contributed by atoms with van der Waals surface area (Å²) in [6.45, 7) is 3.33. The van der Waals surface area contributed by atoms with E-state index in [0.29, 0.717) is 5.82 Å². The molecule has 0 aliphatic rings. The Morgan fingerprint density at radius 2 is 2.21 bits per heavy atom. The molecule has 0 spiro atoms. The Labute approximate surface area is 82.1 Å². The van der Waals surface area contributed by atoms with Crippen molar-refractivity contribution in [2.24, 2.45) is 0 Å². The number of carboxylic acid groups (broad SMARTS) is 1. The Morgan fingerprint density at radius 1 is 1.57 bits per heavy atom. The molecule has 0 aromatic carbocycles. The van der Waals surface area contributed by atoms with E-state index in [1.807, 2.05) is 0 Å². The minimum absolute atomic E-state index is 0.277. The number of hydrogen-bond donors (Lipinski definition) is 2. The zero-order valence-corrected chi connectivity index (χ0v) is 8.11. The molecule has 0 saturated heterocycles. The van der Waals surface area contributed by atoms with Gasteiger partial charge in [0.1, 0.15) is 5.82 Å². The van der Waals surface area contributed by atoms with Gasteiger partial charge < -0.3 is 10.8 Å². The number of aryl methyl sites for hydroxylation is 1. The molecule has 0 radical (unpaired) electrons. The first-order valence-corrected chi connectivity index (χ1v) is 4.15. The number of aliphatic carboxylic acids is 1. The van der Waals surface area contributed by atoms with Gasteiger partial charge in [0.2, 0.25) is 0 Å². The highest BCUT2D eigenvalue weighted by atomic mass is 16.4. The molecule has 0 bridgehead atoms. The molecule has 0 unspecified atom stereocenters. The van der Waals surface area contributed by atoms with Crippen LogP contribution in [-0.2, 0) is 4.79 Å². The van der Waals surface area contributed by atoms with Crippen LogP contribution in [0.5, 0.6) is 0 Å². The largest absolute Gasteiger partial charge is 0.478 e. The molecule has 0 saturated carbocycles. The third-order valence-corrected chi connectivity index (χ3v) is 1.86. The zero-order valence-electron chi connectivity index (χ0n) is 8.11. The Morgan fingerprint density at radius 3 is 2.71 bits per heavy atom. The van der Waals surface area contributed by atoms with Crippen LogP contribution in [-0.4, -0.2) is 16.1 Å². The topological polar surface area (TPSA) is 76.2 Å². The first kappa shape index (κ1) is 10.2. The first-order chi connectivity index (χ1) is 6.50. The summed E-state index contributed by atoms with van der Waals surface area (Å²) in [6.07, 6.45) is 1.57. The van der Waals surface area contributed by atoms with Crippen LogP contribution < -0.4 is 5.73 Å². The average Bonchev–Trinajstić information content (AvgIpc) is 2.09. The lowest BCUT2D eigenvalue weighted by Crippen LogP contribution is -1.98. The van der Waals surface area contributed by atoms with Crippen LogP contribution in [0.15, 0.2) is 17.7 Å². The minimum atomic E-state index is -0.929. The van der Waals surface area contributed by atoms with Gasteiger partial charge in [0.15, 0.2) is 0 Å². The van der Waals surface area contributed by atoms with E-state index in [1.165, 1.54) is 6.92 Å². The predicted molar refractivity (Wildman–Crippen MR) is 54.7 cm³/mol. The number of rotatable bonds is 2. The number of aromatic nitrogens is 1.